The SMILES string of the molecule is O=C(CCCCCl)N(C1CCCCC1)C1CCCCC1. The molecule has 2 saturated carbocycles. The van der Waals surface area contributed by atoms with Crippen molar-refractivity contribution in [2.24, 2.45) is 0 Å². The summed E-state index contributed by atoms with van der Waals surface area (Å²) in [5.74, 6) is 1.09. The highest BCUT2D eigenvalue weighted by Gasteiger charge is 2.31. The number of halogens is 1. The number of alkyl halides is 1. The molecule has 0 aromatic heterocycles. The predicted molar refractivity (Wildman–Crippen MR) is 85.2 cm³/mol. The van der Waals surface area contributed by atoms with E-state index in [-0.39, 0.29) is 0 Å². The zero-order valence-corrected chi connectivity index (χ0v) is 13.5. The first-order valence-corrected chi connectivity index (χ1v) is 9.23. The number of hydrogen-bond donors (Lipinski definition) is 0. The van der Waals surface area contributed by atoms with Gasteiger partial charge in [0.15, 0.2) is 0 Å². The fourth-order valence-corrected chi connectivity index (χ4v) is 4.11. The van der Waals surface area contributed by atoms with Crippen LogP contribution in [0.2, 0.25) is 0 Å². The van der Waals surface area contributed by atoms with Crippen molar-refractivity contribution in [2.45, 2.75) is 95.6 Å². The molecule has 2 nitrogen and oxygen atoms in total. The standard InChI is InChI=1S/C17H30ClNO/c18-14-8-7-13-17(20)19(15-9-3-1-4-10-15)16-11-5-2-6-12-16/h15-16H,1-14H2. The van der Waals surface area contributed by atoms with Crippen molar-refractivity contribution >= 4 is 17.5 Å². The molecule has 0 bridgehead atoms. The van der Waals surface area contributed by atoms with Crippen LogP contribution in [0.15, 0.2) is 0 Å². The van der Waals surface area contributed by atoms with Gasteiger partial charge >= 0.3 is 0 Å². The second-order valence-electron chi connectivity index (χ2n) is 6.53. The summed E-state index contributed by atoms with van der Waals surface area (Å²) in [5.41, 5.74) is 0. The van der Waals surface area contributed by atoms with E-state index in [2.05, 4.69) is 4.90 Å². The lowest BCUT2D eigenvalue weighted by Crippen LogP contribution is -2.48. The molecule has 0 aromatic rings. The highest BCUT2D eigenvalue weighted by molar-refractivity contribution is 6.17. The van der Waals surface area contributed by atoms with Crippen LogP contribution in [0.25, 0.3) is 0 Å². The summed E-state index contributed by atoms with van der Waals surface area (Å²) >= 11 is 5.74. The number of carbonyl (C=O) groups excluding carboxylic acids is 1. The smallest absolute Gasteiger partial charge is 0.223 e. The maximum absolute atomic E-state index is 12.7. The van der Waals surface area contributed by atoms with Gasteiger partial charge in [-0.1, -0.05) is 38.5 Å². The van der Waals surface area contributed by atoms with Crippen LogP contribution >= 0.6 is 11.6 Å². The van der Waals surface area contributed by atoms with Crippen molar-refractivity contribution < 1.29 is 4.79 Å². The monoisotopic (exact) mass is 299 g/mol. The summed E-state index contributed by atoms with van der Waals surface area (Å²) in [5, 5.41) is 0. The van der Waals surface area contributed by atoms with Gasteiger partial charge in [-0.3, -0.25) is 4.79 Å². The fraction of sp³-hybridized carbons (Fsp3) is 0.941. The van der Waals surface area contributed by atoms with Gasteiger partial charge in [0.2, 0.25) is 5.91 Å². The molecule has 116 valence electrons. The molecule has 20 heavy (non-hydrogen) atoms. The van der Waals surface area contributed by atoms with E-state index in [1.807, 2.05) is 0 Å². The summed E-state index contributed by atoms with van der Waals surface area (Å²) in [6, 6.07) is 1.07. The van der Waals surface area contributed by atoms with Gasteiger partial charge in [-0.15, -0.1) is 11.6 Å². The lowest BCUT2D eigenvalue weighted by molar-refractivity contribution is -0.138. The van der Waals surface area contributed by atoms with Gasteiger partial charge in [0.05, 0.1) is 0 Å². The van der Waals surface area contributed by atoms with Gasteiger partial charge in [-0.25, -0.2) is 0 Å². The van der Waals surface area contributed by atoms with Crippen LogP contribution in [-0.4, -0.2) is 28.8 Å². The molecule has 0 N–H and O–H groups in total. The summed E-state index contributed by atoms with van der Waals surface area (Å²) in [7, 11) is 0. The third-order valence-electron chi connectivity index (χ3n) is 5.00. The second kappa shape index (κ2) is 8.92. The number of hydrogen-bond acceptors (Lipinski definition) is 1. The van der Waals surface area contributed by atoms with Gasteiger partial charge in [0, 0.05) is 24.4 Å². The predicted octanol–water partition coefficient (Wildman–Crippen LogP) is 4.89. The number of carbonyl (C=O) groups is 1. The van der Waals surface area contributed by atoms with E-state index in [1.54, 1.807) is 0 Å². The molecule has 0 heterocycles. The molecule has 0 unspecified atom stereocenters. The van der Waals surface area contributed by atoms with Gasteiger partial charge in [-0.05, 0) is 38.5 Å². The summed E-state index contributed by atoms with van der Waals surface area (Å²) in [4.78, 5) is 15.0. The first-order valence-electron chi connectivity index (χ1n) is 8.70. The molecule has 2 fully saturated rings. The molecule has 0 radical (unpaired) electrons. The van der Waals surface area contributed by atoms with Gasteiger partial charge in [0.1, 0.15) is 0 Å². The lowest BCUT2D eigenvalue weighted by Gasteiger charge is -2.42. The minimum Gasteiger partial charge on any atom is -0.337 e. The molecule has 1 amide bonds. The Kier molecular flexibility index (Phi) is 7.19. The molecule has 0 atom stereocenters. The number of unbranched alkanes of at least 4 members (excludes halogenated alkanes) is 1. The zero-order chi connectivity index (χ0) is 14.2. The van der Waals surface area contributed by atoms with Crippen molar-refractivity contribution in [2.75, 3.05) is 5.88 Å². The molecule has 2 rings (SSSR count). The Labute approximate surface area is 129 Å². The fourth-order valence-electron chi connectivity index (χ4n) is 3.92. The van der Waals surface area contributed by atoms with Crippen LogP contribution in [0.4, 0.5) is 0 Å². The molecular formula is C17H30ClNO. The highest BCUT2D eigenvalue weighted by Crippen LogP contribution is 2.30. The first kappa shape index (κ1) is 16.1. The topological polar surface area (TPSA) is 20.3 Å². The summed E-state index contributed by atoms with van der Waals surface area (Å²) in [6.45, 7) is 0. The molecule has 0 spiro atoms. The Balaban J connectivity index is 1.95. The highest BCUT2D eigenvalue weighted by atomic mass is 35.5. The van der Waals surface area contributed by atoms with Crippen molar-refractivity contribution in [3.63, 3.8) is 0 Å². The maximum atomic E-state index is 12.7. The van der Waals surface area contributed by atoms with E-state index in [4.69, 9.17) is 11.6 Å². The largest absolute Gasteiger partial charge is 0.337 e. The Morgan fingerprint density at radius 2 is 1.35 bits per heavy atom. The van der Waals surface area contributed by atoms with E-state index in [0.29, 0.717) is 30.3 Å². The van der Waals surface area contributed by atoms with E-state index < -0.39 is 0 Å². The van der Waals surface area contributed by atoms with Crippen molar-refractivity contribution in [3.8, 4) is 0 Å². The summed E-state index contributed by atoms with van der Waals surface area (Å²) in [6.07, 6.45) is 15.5. The zero-order valence-electron chi connectivity index (χ0n) is 12.8. The Bertz CT molecular complexity index is 265. The van der Waals surface area contributed by atoms with Gasteiger partial charge < -0.3 is 4.90 Å². The molecule has 3 heteroatoms. The average molecular weight is 300 g/mol. The van der Waals surface area contributed by atoms with Crippen LogP contribution in [0.3, 0.4) is 0 Å². The third-order valence-corrected chi connectivity index (χ3v) is 5.27. The molecule has 0 saturated heterocycles. The Morgan fingerprint density at radius 1 is 0.850 bits per heavy atom. The minimum absolute atomic E-state index is 0.411. The van der Waals surface area contributed by atoms with Crippen LogP contribution in [0.5, 0.6) is 0 Å². The Morgan fingerprint density at radius 3 is 1.80 bits per heavy atom. The van der Waals surface area contributed by atoms with Crippen LogP contribution in [0, 0.1) is 0 Å². The average Bonchev–Trinajstić information content (AvgIpc) is 2.50. The minimum atomic E-state index is 0.411. The van der Waals surface area contributed by atoms with E-state index in [9.17, 15) is 4.79 Å². The molecular weight excluding hydrogens is 270 g/mol. The number of amides is 1. The third kappa shape index (κ3) is 4.65. The number of rotatable bonds is 6. The lowest BCUT2D eigenvalue weighted by atomic mass is 9.88. The van der Waals surface area contributed by atoms with Gasteiger partial charge in [0.25, 0.3) is 0 Å². The van der Waals surface area contributed by atoms with E-state index in [0.717, 1.165) is 12.8 Å². The van der Waals surface area contributed by atoms with Crippen LogP contribution in [-0.2, 0) is 4.79 Å². The molecule has 2 aliphatic rings. The van der Waals surface area contributed by atoms with E-state index in [1.165, 1.54) is 64.2 Å². The molecule has 0 aromatic carbocycles. The first-order chi connectivity index (χ1) is 9.83. The molecule has 0 aliphatic heterocycles. The normalized spacial score (nSPS) is 21.9. The van der Waals surface area contributed by atoms with Crippen LogP contribution < -0.4 is 0 Å². The number of nitrogens with zero attached hydrogens (tertiary/aromatic N) is 1. The van der Waals surface area contributed by atoms with Crippen molar-refractivity contribution in [3.05, 3.63) is 0 Å². The van der Waals surface area contributed by atoms with Crippen molar-refractivity contribution in [1.29, 1.82) is 0 Å². The van der Waals surface area contributed by atoms with Gasteiger partial charge in [-0.2, -0.15) is 0 Å². The van der Waals surface area contributed by atoms with E-state index >= 15 is 0 Å². The Hall–Kier alpha value is -0.240. The maximum Gasteiger partial charge on any atom is 0.223 e. The quantitative estimate of drug-likeness (QED) is 0.505. The second-order valence-corrected chi connectivity index (χ2v) is 6.91. The summed E-state index contributed by atoms with van der Waals surface area (Å²) < 4.78 is 0. The van der Waals surface area contributed by atoms with Crippen LogP contribution in [0.1, 0.15) is 83.5 Å². The van der Waals surface area contributed by atoms with Crippen molar-refractivity contribution in [1.82, 2.24) is 4.90 Å². The molecule has 2 aliphatic carbocycles.